The molecule has 0 aliphatic heterocycles. The lowest BCUT2D eigenvalue weighted by Crippen LogP contribution is -2.24. The van der Waals surface area contributed by atoms with Crippen LogP contribution in [0.5, 0.6) is 0 Å². The topological polar surface area (TPSA) is 85.1 Å². The normalized spacial score (nSPS) is 11.3. The third-order valence-corrected chi connectivity index (χ3v) is 4.32. The van der Waals surface area contributed by atoms with Crippen molar-refractivity contribution in [3.8, 4) is 0 Å². The first-order valence-electron chi connectivity index (χ1n) is 5.88. The van der Waals surface area contributed by atoms with Crippen LogP contribution in [0.2, 0.25) is 0 Å². The highest BCUT2D eigenvalue weighted by Crippen LogP contribution is 2.15. The molecule has 110 valence electrons. The quantitative estimate of drug-likeness (QED) is 0.810. The van der Waals surface area contributed by atoms with Crippen LogP contribution in [0.1, 0.15) is 11.1 Å². The molecule has 2 aromatic rings. The second kappa shape index (κ2) is 6.25. The van der Waals surface area contributed by atoms with E-state index in [1.165, 1.54) is 0 Å². The second-order valence-electron chi connectivity index (χ2n) is 4.19. The maximum Gasteiger partial charge on any atom is 0.240 e. The maximum atomic E-state index is 13.5. The van der Waals surface area contributed by atoms with E-state index in [-0.39, 0.29) is 22.0 Å². The van der Waals surface area contributed by atoms with Crippen molar-refractivity contribution in [1.29, 1.82) is 0 Å². The van der Waals surface area contributed by atoms with Gasteiger partial charge in [0, 0.05) is 24.5 Å². The molecule has 1 aromatic heterocycles. The molecule has 21 heavy (non-hydrogen) atoms. The number of rotatable bonds is 5. The van der Waals surface area contributed by atoms with E-state index < -0.39 is 15.8 Å². The first-order valence-corrected chi connectivity index (χ1v) is 7.77. The Morgan fingerprint density at radius 1 is 1.38 bits per heavy atom. The Bertz CT molecular complexity index is 764. The van der Waals surface area contributed by atoms with Gasteiger partial charge < -0.3 is 5.73 Å². The van der Waals surface area contributed by atoms with E-state index in [0.717, 1.165) is 18.2 Å². The number of hydrogen-bond acceptors (Lipinski definition) is 4. The molecule has 0 bridgehead atoms. The number of benzene rings is 1. The van der Waals surface area contributed by atoms with E-state index in [1.807, 2.05) is 0 Å². The number of nitrogens with two attached hydrogens (primary N) is 1. The van der Waals surface area contributed by atoms with Crippen LogP contribution in [0, 0.1) is 5.82 Å². The summed E-state index contributed by atoms with van der Waals surface area (Å²) in [4.78, 5) is 3.59. The lowest BCUT2D eigenvalue weighted by molar-refractivity contribution is 0.580. The fourth-order valence-electron chi connectivity index (χ4n) is 1.62. The Labute approximate surface area is 127 Å². The number of pyridine rings is 1. The highest BCUT2D eigenvalue weighted by molar-refractivity contribution is 7.89. The number of hydrogen-bond donors (Lipinski definition) is 2. The van der Waals surface area contributed by atoms with Gasteiger partial charge in [-0.3, -0.25) is 4.98 Å². The molecule has 0 fully saturated rings. The highest BCUT2D eigenvalue weighted by Gasteiger charge is 2.17. The summed E-state index contributed by atoms with van der Waals surface area (Å²) < 4.78 is 40.2. The van der Waals surface area contributed by atoms with E-state index in [4.69, 9.17) is 5.73 Å². The van der Waals surface area contributed by atoms with Crippen LogP contribution >= 0.6 is 12.2 Å². The van der Waals surface area contributed by atoms with Crippen molar-refractivity contribution in [3.05, 3.63) is 59.7 Å². The van der Waals surface area contributed by atoms with Crippen LogP contribution < -0.4 is 10.5 Å². The fraction of sp³-hybridized carbons (Fsp3) is 0.0769. The van der Waals surface area contributed by atoms with Crippen molar-refractivity contribution in [2.24, 2.45) is 5.73 Å². The largest absolute Gasteiger partial charge is 0.389 e. The van der Waals surface area contributed by atoms with Gasteiger partial charge in [-0.25, -0.2) is 17.5 Å². The summed E-state index contributed by atoms with van der Waals surface area (Å²) in [6.07, 6.45) is 3.14. The zero-order chi connectivity index (χ0) is 15.5. The van der Waals surface area contributed by atoms with Gasteiger partial charge in [0.2, 0.25) is 10.0 Å². The number of sulfonamides is 1. The van der Waals surface area contributed by atoms with Gasteiger partial charge in [0.25, 0.3) is 0 Å². The van der Waals surface area contributed by atoms with Crippen molar-refractivity contribution in [2.45, 2.75) is 11.4 Å². The van der Waals surface area contributed by atoms with Gasteiger partial charge in [0.05, 0.1) is 4.90 Å². The van der Waals surface area contributed by atoms with Gasteiger partial charge >= 0.3 is 0 Å². The van der Waals surface area contributed by atoms with E-state index in [1.54, 1.807) is 24.5 Å². The summed E-state index contributed by atoms with van der Waals surface area (Å²) in [6, 6.07) is 6.73. The molecule has 0 spiro atoms. The Morgan fingerprint density at radius 2 is 2.14 bits per heavy atom. The summed E-state index contributed by atoms with van der Waals surface area (Å²) in [7, 11) is -3.79. The molecular weight excluding hydrogens is 313 g/mol. The van der Waals surface area contributed by atoms with Gasteiger partial charge in [-0.15, -0.1) is 0 Å². The number of nitrogens with zero attached hydrogens (tertiary/aromatic N) is 1. The molecule has 0 unspecified atom stereocenters. The SMILES string of the molecule is NC(=S)c1cc(S(=O)(=O)NCc2cccnc2)ccc1F. The molecule has 1 heterocycles. The van der Waals surface area contributed by atoms with Gasteiger partial charge in [-0.1, -0.05) is 18.3 Å². The van der Waals surface area contributed by atoms with E-state index in [2.05, 4.69) is 21.9 Å². The molecule has 2 rings (SSSR count). The zero-order valence-electron chi connectivity index (χ0n) is 10.8. The van der Waals surface area contributed by atoms with E-state index >= 15 is 0 Å². The molecule has 3 N–H and O–H groups in total. The molecule has 0 atom stereocenters. The first-order chi connectivity index (χ1) is 9.90. The minimum Gasteiger partial charge on any atom is -0.389 e. The van der Waals surface area contributed by atoms with Crippen molar-refractivity contribution < 1.29 is 12.8 Å². The van der Waals surface area contributed by atoms with Crippen LogP contribution in [0.25, 0.3) is 0 Å². The third kappa shape index (κ3) is 3.81. The van der Waals surface area contributed by atoms with Crippen LogP contribution in [0.15, 0.2) is 47.6 Å². The Kier molecular flexibility index (Phi) is 4.61. The summed E-state index contributed by atoms with van der Waals surface area (Å²) in [5.74, 6) is -0.659. The first kappa shape index (κ1) is 15.5. The average molecular weight is 325 g/mol. The Balaban J connectivity index is 2.24. The van der Waals surface area contributed by atoms with Crippen LogP contribution in [-0.4, -0.2) is 18.4 Å². The van der Waals surface area contributed by atoms with Crippen molar-refractivity contribution in [3.63, 3.8) is 0 Å². The number of nitrogens with one attached hydrogen (secondary N) is 1. The highest BCUT2D eigenvalue weighted by atomic mass is 32.2. The summed E-state index contributed by atoms with van der Waals surface area (Å²) in [6.45, 7) is 0.0793. The zero-order valence-corrected chi connectivity index (χ0v) is 12.4. The summed E-state index contributed by atoms with van der Waals surface area (Å²) in [5, 5.41) is 0. The van der Waals surface area contributed by atoms with E-state index in [0.29, 0.717) is 5.56 Å². The number of thiocarbonyl (C=S) groups is 1. The number of halogens is 1. The second-order valence-corrected chi connectivity index (χ2v) is 6.40. The molecule has 0 aliphatic carbocycles. The van der Waals surface area contributed by atoms with Gasteiger partial charge in [-0.2, -0.15) is 0 Å². The Hall–Kier alpha value is -1.90. The molecule has 8 heteroatoms. The van der Waals surface area contributed by atoms with Crippen LogP contribution in [0.4, 0.5) is 4.39 Å². The predicted octanol–water partition coefficient (Wildman–Crippen LogP) is 1.33. The monoisotopic (exact) mass is 325 g/mol. The summed E-state index contributed by atoms with van der Waals surface area (Å²) in [5.41, 5.74) is 5.96. The third-order valence-electron chi connectivity index (χ3n) is 2.70. The van der Waals surface area contributed by atoms with Crippen molar-refractivity contribution in [1.82, 2.24) is 9.71 Å². The lowest BCUT2D eigenvalue weighted by Gasteiger charge is -2.08. The van der Waals surface area contributed by atoms with Gasteiger partial charge in [0.15, 0.2) is 0 Å². The predicted molar refractivity (Wildman–Crippen MR) is 80.5 cm³/mol. The molecule has 0 saturated heterocycles. The van der Waals surface area contributed by atoms with Gasteiger partial charge in [0.1, 0.15) is 10.8 Å². The molecule has 0 saturated carbocycles. The fourth-order valence-corrected chi connectivity index (χ4v) is 2.82. The molecule has 0 radical (unpaired) electrons. The summed E-state index contributed by atoms with van der Waals surface area (Å²) >= 11 is 4.69. The van der Waals surface area contributed by atoms with Crippen LogP contribution in [-0.2, 0) is 16.6 Å². The van der Waals surface area contributed by atoms with Crippen molar-refractivity contribution >= 4 is 27.2 Å². The standard InChI is InChI=1S/C13H12FN3O2S2/c14-12-4-3-10(6-11(12)13(15)20)21(18,19)17-8-9-2-1-5-16-7-9/h1-7,17H,8H2,(H2,15,20). The lowest BCUT2D eigenvalue weighted by atomic mass is 10.2. The Morgan fingerprint density at radius 3 is 2.76 bits per heavy atom. The molecule has 5 nitrogen and oxygen atoms in total. The molecule has 0 aliphatic rings. The van der Waals surface area contributed by atoms with E-state index in [9.17, 15) is 12.8 Å². The van der Waals surface area contributed by atoms with Crippen LogP contribution in [0.3, 0.4) is 0 Å². The van der Waals surface area contributed by atoms with Gasteiger partial charge in [-0.05, 0) is 29.8 Å². The minimum atomic E-state index is -3.79. The maximum absolute atomic E-state index is 13.5. The minimum absolute atomic E-state index is 0.0793. The molecule has 1 aromatic carbocycles. The molecular formula is C13H12FN3O2S2. The average Bonchev–Trinajstić information content (AvgIpc) is 2.46. The van der Waals surface area contributed by atoms with Crippen molar-refractivity contribution in [2.75, 3.05) is 0 Å². The molecule has 0 amide bonds. The number of aromatic nitrogens is 1. The smallest absolute Gasteiger partial charge is 0.240 e.